The second kappa shape index (κ2) is 5.46. The van der Waals surface area contributed by atoms with Gasteiger partial charge in [-0.2, -0.15) is 0 Å². The van der Waals surface area contributed by atoms with Crippen molar-refractivity contribution in [2.45, 2.75) is 6.54 Å². The highest BCUT2D eigenvalue weighted by atomic mass is 32.1. The van der Waals surface area contributed by atoms with Gasteiger partial charge in [0.25, 0.3) is 5.91 Å². The fraction of sp³-hybridized carbons (Fsp3) is 0.182. The maximum atomic E-state index is 11.9. The summed E-state index contributed by atoms with van der Waals surface area (Å²) >= 11 is 1.07. The highest BCUT2D eigenvalue weighted by Crippen LogP contribution is 2.12. The number of anilines is 1. The Hall–Kier alpha value is -2.15. The molecule has 3 N–H and O–H groups in total. The van der Waals surface area contributed by atoms with Crippen molar-refractivity contribution in [1.82, 2.24) is 15.3 Å². The lowest BCUT2D eigenvalue weighted by Crippen LogP contribution is -2.24. The number of aromatic amines is 1. The van der Waals surface area contributed by atoms with Gasteiger partial charge in [0, 0.05) is 36.2 Å². The number of carbonyl (C=O) groups is 1. The van der Waals surface area contributed by atoms with E-state index in [2.05, 4.69) is 20.6 Å². The standard InChI is InChI=1S/C11H12N4O2S/c1-12-9-2-3-13-5-8(9)10(16)14-4-7-6-18-11(17)15-7/h2-3,5-6H,4H2,1H3,(H,12,13)(H,14,16)(H,15,17). The molecule has 2 aromatic rings. The number of nitrogens with one attached hydrogen (secondary N) is 3. The molecular formula is C11H12N4O2S. The molecule has 6 nitrogen and oxygen atoms in total. The van der Waals surface area contributed by atoms with Crippen LogP contribution in [0, 0.1) is 0 Å². The number of hydrogen-bond donors (Lipinski definition) is 3. The van der Waals surface area contributed by atoms with Crippen molar-refractivity contribution >= 4 is 22.9 Å². The molecule has 1 amide bonds. The van der Waals surface area contributed by atoms with E-state index in [4.69, 9.17) is 0 Å². The number of aromatic nitrogens is 2. The number of pyridine rings is 1. The van der Waals surface area contributed by atoms with Crippen LogP contribution in [0.15, 0.2) is 28.6 Å². The zero-order chi connectivity index (χ0) is 13.0. The van der Waals surface area contributed by atoms with E-state index in [-0.39, 0.29) is 17.3 Å². The van der Waals surface area contributed by atoms with Crippen LogP contribution < -0.4 is 15.5 Å². The Bertz CT molecular complexity index is 605. The number of hydrogen-bond acceptors (Lipinski definition) is 5. The van der Waals surface area contributed by atoms with Gasteiger partial charge in [0.15, 0.2) is 0 Å². The third-order valence-electron chi connectivity index (χ3n) is 2.35. The molecule has 0 aliphatic rings. The fourth-order valence-electron chi connectivity index (χ4n) is 1.46. The van der Waals surface area contributed by atoms with Gasteiger partial charge in [0.05, 0.1) is 12.1 Å². The summed E-state index contributed by atoms with van der Waals surface area (Å²) < 4.78 is 0. The van der Waals surface area contributed by atoms with E-state index in [1.165, 1.54) is 6.20 Å². The number of amides is 1. The molecule has 0 bridgehead atoms. The molecule has 18 heavy (non-hydrogen) atoms. The Labute approximate surface area is 107 Å². The van der Waals surface area contributed by atoms with E-state index in [0.29, 0.717) is 16.9 Å². The predicted octanol–water partition coefficient (Wildman–Crippen LogP) is 0.803. The number of rotatable bonds is 4. The second-order valence-electron chi connectivity index (χ2n) is 3.53. The van der Waals surface area contributed by atoms with Crippen molar-refractivity contribution in [1.29, 1.82) is 0 Å². The van der Waals surface area contributed by atoms with Gasteiger partial charge in [-0.1, -0.05) is 11.3 Å². The molecule has 0 aliphatic carbocycles. The summed E-state index contributed by atoms with van der Waals surface area (Å²) in [6.45, 7) is 0.287. The summed E-state index contributed by atoms with van der Waals surface area (Å²) in [5, 5.41) is 7.33. The largest absolute Gasteiger partial charge is 0.387 e. The zero-order valence-electron chi connectivity index (χ0n) is 9.69. The quantitative estimate of drug-likeness (QED) is 0.762. The summed E-state index contributed by atoms with van der Waals surface area (Å²) in [6.07, 6.45) is 3.11. The number of carbonyl (C=O) groups excluding carboxylic acids is 1. The summed E-state index contributed by atoms with van der Waals surface area (Å²) in [5.41, 5.74) is 1.87. The van der Waals surface area contributed by atoms with E-state index in [0.717, 1.165) is 11.3 Å². The van der Waals surface area contributed by atoms with Crippen LogP contribution in [0.3, 0.4) is 0 Å². The summed E-state index contributed by atoms with van der Waals surface area (Å²) in [4.78, 5) is 29.3. The molecule has 0 aliphatic heterocycles. The molecule has 94 valence electrons. The van der Waals surface area contributed by atoms with E-state index in [1.54, 1.807) is 24.7 Å². The number of nitrogens with zero attached hydrogens (tertiary/aromatic N) is 1. The zero-order valence-corrected chi connectivity index (χ0v) is 10.5. The van der Waals surface area contributed by atoms with Gasteiger partial charge in [-0.15, -0.1) is 0 Å². The minimum Gasteiger partial charge on any atom is -0.387 e. The predicted molar refractivity (Wildman–Crippen MR) is 69.9 cm³/mol. The summed E-state index contributed by atoms with van der Waals surface area (Å²) in [5.74, 6) is -0.237. The second-order valence-corrected chi connectivity index (χ2v) is 4.37. The summed E-state index contributed by atoms with van der Waals surface area (Å²) in [7, 11) is 1.74. The first-order valence-electron chi connectivity index (χ1n) is 5.27. The van der Waals surface area contributed by atoms with Crippen LogP contribution in [0.5, 0.6) is 0 Å². The van der Waals surface area contributed by atoms with Crippen molar-refractivity contribution in [2.75, 3.05) is 12.4 Å². The monoisotopic (exact) mass is 264 g/mol. The fourth-order valence-corrected chi connectivity index (χ4v) is 2.05. The van der Waals surface area contributed by atoms with Crippen LogP contribution in [-0.2, 0) is 6.54 Å². The first-order valence-corrected chi connectivity index (χ1v) is 6.15. The molecule has 0 fully saturated rings. The number of thiazole rings is 1. The van der Waals surface area contributed by atoms with Crippen molar-refractivity contribution < 1.29 is 4.79 Å². The number of H-pyrrole nitrogens is 1. The molecular weight excluding hydrogens is 252 g/mol. The van der Waals surface area contributed by atoms with Crippen LogP contribution in [0.2, 0.25) is 0 Å². The average molecular weight is 264 g/mol. The van der Waals surface area contributed by atoms with Crippen LogP contribution in [0.4, 0.5) is 5.69 Å². The molecule has 0 atom stereocenters. The Balaban J connectivity index is 2.05. The Morgan fingerprint density at radius 3 is 3.06 bits per heavy atom. The van der Waals surface area contributed by atoms with Crippen molar-refractivity contribution in [3.63, 3.8) is 0 Å². The van der Waals surface area contributed by atoms with Crippen molar-refractivity contribution in [2.24, 2.45) is 0 Å². The normalized spacial score (nSPS) is 10.1. The lowest BCUT2D eigenvalue weighted by atomic mass is 10.2. The SMILES string of the molecule is CNc1ccncc1C(=O)NCc1csc(=O)[nH]1. The van der Waals surface area contributed by atoms with Gasteiger partial charge in [0.1, 0.15) is 0 Å². The molecule has 0 unspecified atom stereocenters. The molecule has 2 aromatic heterocycles. The van der Waals surface area contributed by atoms with Crippen LogP contribution in [0.25, 0.3) is 0 Å². The Morgan fingerprint density at radius 1 is 1.56 bits per heavy atom. The molecule has 2 rings (SSSR count). The van der Waals surface area contributed by atoms with Gasteiger partial charge in [0.2, 0.25) is 0 Å². The minimum atomic E-state index is -0.237. The maximum Gasteiger partial charge on any atom is 0.304 e. The molecule has 2 heterocycles. The first kappa shape index (κ1) is 12.3. The van der Waals surface area contributed by atoms with E-state index in [9.17, 15) is 9.59 Å². The van der Waals surface area contributed by atoms with Gasteiger partial charge in [-0.25, -0.2) is 0 Å². The molecule has 0 aromatic carbocycles. The van der Waals surface area contributed by atoms with Crippen LogP contribution >= 0.6 is 11.3 Å². The lowest BCUT2D eigenvalue weighted by molar-refractivity contribution is 0.0951. The van der Waals surface area contributed by atoms with E-state index < -0.39 is 0 Å². The van der Waals surface area contributed by atoms with Crippen LogP contribution in [0.1, 0.15) is 16.1 Å². The molecule has 0 saturated carbocycles. The smallest absolute Gasteiger partial charge is 0.304 e. The Morgan fingerprint density at radius 2 is 2.39 bits per heavy atom. The molecule has 0 radical (unpaired) electrons. The van der Waals surface area contributed by atoms with Crippen molar-refractivity contribution in [3.8, 4) is 0 Å². The van der Waals surface area contributed by atoms with Gasteiger partial charge < -0.3 is 15.6 Å². The molecule has 0 spiro atoms. The van der Waals surface area contributed by atoms with Gasteiger partial charge in [-0.3, -0.25) is 14.6 Å². The third kappa shape index (κ3) is 2.75. The lowest BCUT2D eigenvalue weighted by Gasteiger charge is -2.08. The average Bonchev–Trinajstić information content (AvgIpc) is 2.81. The first-order chi connectivity index (χ1) is 8.70. The topological polar surface area (TPSA) is 86.9 Å². The summed E-state index contributed by atoms with van der Waals surface area (Å²) in [6, 6.07) is 1.72. The molecule has 7 heteroatoms. The third-order valence-corrected chi connectivity index (χ3v) is 3.06. The highest BCUT2D eigenvalue weighted by molar-refractivity contribution is 7.07. The van der Waals surface area contributed by atoms with E-state index in [1.807, 2.05) is 0 Å². The maximum absolute atomic E-state index is 11.9. The highest BCUT2D eigenvalue weighted by Gasteiger charge is 2.10. The van der Waals surface area contributed by atoms with Crippen molar-refractivity contribution in [3.05, 3.63) is 44.8 Å². The van der Waals surface area contributed by atoms with Crippen LogP contribution in [-0.4, -0.2) is 22.9 Å². The minimum absolute atomic E-state index is 0.128. The molecule has 0 saturated heterocycles. The van der Waals surface area contributed by atoms with E-state index >= 15 is 0 Å². The van der Waals surface area contributed by atoms with Gasteiger partial charge >= 0.3 is 4.87 Å². The Kier molecular flexibility index (Phi) is 3.73. The van der Waals surface area contributed by atoms with Gasteiger partial charge in [-0.05, 0) is 6.07 Å².